The van der Waals surface area contributed by atoms with Gasteiger partial charge in [-0.2, -0.15) is 0 Å². The molecule has 1 N–H and O–H groups in total. The molecule has 0 atom stereocenters. The van der Waals surface area contributed by atoms with Gasteiger partial charge in [-0.25, -0.2) is 0 Å². The fourth-order valence-corrected chi connectivity index (χ4v) is 4.39. The van der Waals surface area contributed by atoms with E-state index in [0.717, 1.165) is 23.9 Å². The van der Waals surface area contributed by atoms with E-state index in [1.807, 2.05) is 0 Å². The number of carbonyl (C=O) groups excluding carboxylic acids is 1. The molecular formula is C19H25N5O3S. The number of carbonyl (C=O) groups is 1. The largest absolute Gasteiger partial charge is 0.325 e. The average molecular weight is 404 g/mol. The number of hydrogen-bond donors (Lipinski definition) is 1. The monoisotopic (exact) mass is 403 g/mol. The van der Waals surface area contributed by atoms with E-state index in [0.29, 0.717) is 11.6 Å². The third kappa shape index (κ3) is 5.31. The van der Waals surface area contributed by atoms with E-state index in [9.17, 15) is 14.9 Å². The lowest BCUT2D eigenvalue weighted by atomic mass is 9.87. The molecule has 0 spiro atoms. The number of nitrogens with one attached hydrogen (secondary N) is 1. The average Bonchev–Trinajstić information content (AvgIpc) is 3.08. The van der Waals surface area contributed by atoms with Crippen molar-refractivity contribution in [1.29, 1.82) is 0 Å². The highest BCUT2D eigenvalue weighted by Crippen LogP contribution is 2.27. The van der Waals surface area contributed by atoms with Gasteiger partial charge in [-0.1, -0.05) is 49.9 Å². The second kappa shape index (κ2) is 9.68. The first-order valence-corrected chi connectivity index (χ1v) is 10.6. The first kappa shape index (κ1) is 20.3. The van der Waals surface area contributed by atoms with Gasteiger partial charge in [0, 0.05) is 30.8 Å². The van der Waals surface area contributed by atoms with Crippen molar-refractivity contribution in [2.45, 2.75) is 57.1 Å². The molecule has 1 aromatic heterocycles. The second-order valence-electron chi connectivity index (χ2n) is 7.00. The summed E-state index contributed by atoms with van der Waals surface area (Å²) in [6.45, 7) is 2.82. The lowest BCUT2D eigenvalue weighted by molar-refractivity contribution is -0.384. The van der Waals surface area contributed by atoms with Crippen molar-refractivity contribution in [1.82, 2.24) is 14.8 Å². The number of rotatable bonds is 8. The molecule has 0 unspecified atom stereocenters. The molecule has 1 amide bonds. The minimum Gasteiger partial charge on any atom is -0.325 e. The number of nitrogens with zero attached hydrogens (tertiary/aromatic N) is 4. The van der Waals surface area contributed by atoms with E-state index >= 15 is 0 Å². The topological polar surface area (TPSA) is 103 Å². The smallest absolute Gasteiger partial charge is 0.271 e. The van der Waals surface area contributed by atoms with Crippen LogP contribution >= 0.6 is 11.8 Å². The quantitative estimate of drug-likeness (QED) is 0.405. The Balaban J connectivity index is 1.57. The maximum Gasteiger partial charge on any atom is 0.271 e. The highest BCUT2D eigenvalue weighted by Gasteiger charge is 2.19. The molecular weight excluding hydrogens is 378 g/mol. The summed E-state index contributed by atoms with van der Waals surface area (Å²) in [5.41, 5.74) is 0.360. The number of anilines is 1. The third-order valence-electron chi connectivity index (χ3n) is 4.98. The Labute approximate surface area is 168 Å². The van der Waals surface area contributed by atoms with Crippen LogP contribution in [0.4, 0.5) is 11.4 Å². The maximum absolute atomic E-state index is 12.2. The van der Waals surface area contributed by atoms with Crippen molar-refractivity contribution in [3.63, 3.8) is 0 Å². The van der Waals surface area contributed by atoms with Crippen LogP contribution in [0.2, 0.25) is 0 Å². The van der Waals surface area contributed by atoms with Crippen LogP contribution in [0.1, 0.15) is 44.9 Å². The number of benzene rings is 1. The van der Waals surface area contributed by atoms with Gasteiger partial charge in [0.1, 0.15) is 5.82 Å². The van der Waals surface area contributed by atoms with E-state index in [1.165, 1.54) is 56.0 Å². The lowest BCUT2D eigenvalue weighted by Crippen LogP contribution is -2.15. The zero-order valence-electron chi connectivity index (χ0n) is 16.0. The van der Waals surface area contributed by atoms with E-state index < -0.39 is 4.92 Å². The van der Waals surface area contributed by atoms with Crippen molar-refractivity contribution in [3.8, 4) is 0 Å². The molecule has 1 aromatic carbocycles. The van der Waals surface area contributed by atoms with Crippen LogP contribution in [-0.2, 0) is 17.8 Å². The Hall–Kier alpha value is -2.42. The molecule has 9 heteroatoms. The SMILES string of the molecule is CCn1c(CC2CCCCC2)nnc1SCC(=O)Nc1cccc([N+](=O)[O-])c1. The van der Waals surface area contributed by atoms with Crippen LogP contribution in [-0.4, -0.2) is 31.3 Å². The van der Waals surface area contributed by atoms with Gasteiger partial charge in [-0.05, 0) is 18.9 Å². The molecule has 150 valence electrons. The summed E-state index contributed by atoms with van der Waals surface area (Å²) in [6.07, 6.45) is 7.38. The Bertz CT molecular complexity index is 833. The van der Waals surface area contributed by atoms with E-state index in [1.54, 1.807) is 12.1 Å². The summed E-state index contributed by atoms with van der Waals surface area (Å²) in [5.74, 6) is 1.61. The van der Waals surface area contributed by atoms with Gasteiger partial charge >= 0.3 is 0 Å². The molecule has 1 aliphatic rings. The molecule has 1 fully saturated rings. The Morgan fingerprint density at radius 2 is 2.11 bits per heavy atom. The number of aromatic nitrogens is 3. The minimum absolute atomic E-state index is 0.0523. The molecule has 28 heavy (non-hydrogen) atoms. The molecule has 0 aliphatic heterocycles. The third-order valence-corrected chi connectivity index (χ3v) is 5.95. The first-order chi connectivity index (χ1) is 13.6. The molecule has 1 aliphatic carbocycles. The van der Waals surface area contributed by atoms with E-state index in [2.05, 4.69) is 27.0 Å². The predicted molar refractivity (Wildman–Crippen MR) is 108 cm³/mol. The predicted octanol–water partition coefficient (Wildman–Crippen LogP) is 4.06. The Morgan fingerprint density at radius 1 is 1.32 bits per heavy atom. The molecule has 1 saturated carbocycles. The Kier molecular flexibility index (Phi) is 7.02. The van der Waals surface area contributed by atoms with Crippen molar-refractivity contribution in [3.05, 3.63) is 40.2 Å². The fraction of sp³-hybridized carbons (Fsp3) is 0.526. The summed E-state index contributed by atoms with van der Waals surface area (Å²) in [6, 6.07) is 5.92. The zero-order chi connectivity index (χ0) is 19.9. The van der Waals surface area contributed by atoms with Crippen molar-refractivity contribution in [2.75, 3.05) is 11.1 Å². The van der Waals surface area contributed by atoms with Gasteiger partial charge in [-0.3, -0.25) is 14.9 Å². The maximum atomic E-state index is 12.2. The van der Waals surface area contributed by atoms with Crippen LogP contribution in [0.15, 0.2) is 29.4 Å². The van der Waals surface area contributed by atoms with Crippen LogP contribution in [0, 0.1) is 16.0 Å². The summed E-state index contributed by atoms with van der Waals surface area (Å²) in [4.78, 5) is 22.6. The lowest BCUT2D eigenvalue weighted by Gasteiger charge is -2.21. The van der Waals surface area contributed by atoms with Crippen molar-refractivity contribution < 1.29 is 9.72 Å². The van der Waals surface area contributed by atoms with Gasteiger partial charge in [-0.15, -0.1) is 10.2 Å². The molecule has 0 bridgehead atoms. The molecule has 0 radical (unpaired) electrons. The molecule has 1 heterocycles. The number of non-ortho nitro benzene ring substituents is 1. The number of hydrogen-bond acceptors (Lipinski definition) is 6. The first-order valence-electron chi connectivity index (χ1n) is 9.66. The van der Waals surface area contributed by atoms with Crippen LogP contribution < -0.4 is 5.32 Å². The highest BCUT2D eigenvalue weighted by atomic mass is 32.2. The second-order valence-corrected chi connectivity index (χ2v) is 7.94. The molecule has 2 aromatic rings. The van der Waals surface area contributed by atoms with E-state index in [-0.39, 0.29) is 17.3 Å². The molecule has 3 rings (SSSR count). The summed E-state index contributed by atoms with van der Waals surface area (Å²) < 4.78 is 2.08. The fourth-order valence-electron chi connectivity index (χ4n) is 3.57. The van der Waals surface area contributed by atoms with Gasteiger partial charge in [0.05, 0.1) is 10.7 Å². The standard InChI is InChI=1S/C19H25N5O3S/c1-2-23-17(11-14-7-4-3-5-8-14)21-22-19(23)28-13-18(25)20-15-9-6-10-16(12-15)24(26)27/h6,9-10,12,14H,2-5,7-8,11,13H2,1H3,(H,20,25). The van der Waals surface area contributed by atoms with E-state index in [4.69, 9.17) is 0 Å². The van der Waals surface area contributed by atoms with Crippen LogP contribution in [0.25, 0.3) is 0 Å². The summed E-state index contributed by atoms with van der Waals surface area (Å²) in [5, 5.41) is 22.9. The highest BCUT2D eigenvalue weighted by molar-refractivity contribution is 7.99. The van der Waals surface area contributed by atoms with Gasteiger partial charge < -0.3 is 9.88 Å². The molecule has 0 saturated heterocycles. The van der Waals surface area contributed by atoms with Crippen molar-refractivity contribution >= 4 is 29.0 Å². The van der Waals surface area contributed by atoms with Crippen LogP contribution in [0.5, 0.6) is 0 Å². The van der Waals surface area contributed by atoms with Gasteiger partial charge in [0.2, 0.25) is 5.91 Å². The Morgan fingerprint density at radius 3 is 2.82 bits per heavy atom. The number of nitro groups is 1. The van der Waals surface area contributed by atoms with Gasteiger partial charge in [0.15, 0.2) is 5.16 Å². The van der Waals surface area contributed by atoms with Crippen molar-refractivity contribution in [2.24, 2.45) is 5.92 Å². The number of amides is 1. The zero-order valence-corrected chi connectivity index (χ0v) is 16.8. The number of nitro benzene ring substituents is 1. The van der Waals surface area contributed by atoms with Gasteiger partial charge in [0.25, 0.3) is 5.69 Å². The van der Waals surface area contributed by atoms with Crippen LogP contribution in [0.3, 0.4) is 0 Å². The molecule has 8 nitrogen and oxygen atoms in total. The summed E-state index contributed by atoms with van der Waals surface area (Å²) >= 11 is 1.34. The normalized spacial score (nSPS) is 14.8. The summed E-state index contributed by atoms with van der Waals surface area (Å²) in [7, 11) is 0. The number of thioether (sulfide) groups is 1. The minimum atomic E-state index is -0.484.